The second kappa shape index (κ2) is 9.48. The van der Waals surface area contributed by atoms with E-state index in [1.807, 2.05) is 60.7 Å². The minimum Gasteiger partial charge on any atom is -0.298 e. The zero-order chi connectivity index (χ0) is 28.3. The van der Waals surface area contributed by atoms with Crippen LogP contribution in [0.15, 0.2) is 139 Å². The molecule has 5 aromatic carbocycles. The van der Waals surface area contributed by atoms with E-state index < -0.39 is 0 Å². The first kappa shape index (κ1) is 24.1. The maximum absolute atomic E-state index is 5.16. The molecule has 0 saturated carbocycles. The van der Waals surface area contributed by atoms with E-state index in [4.69, 9.17) is 15.0 Å². The molecule has 0 aliphatic rings. The van der Waals surface area contributed by atoms with E-state index in [9.17, 15) is 0 Å². The molecule has 9 rings (SSSR count). The molecule has 0 bridgehead atoms. The van der Waals surface area contributed by atoms with Crippen LogP contribution in [0.5, 0.6) is 0 Å². The van der Waals surface area contributed by atoms with Crippen molar-refractivity contribution in [3.05, 3.63) is 139 Å². The van der Waals surface area contributed by atoms with Gasteiger partial charge >= 0.3 is 0 Å². The average Bonchev–Trinajstić information content (AvgIpc) is 3.80. The molecule has 202 valence electrons. The van der Waals surface area contributed by atoms with Gasteiger partial charge in [0.05, 0.1) is 22.1 Å². The highest BCUT2D eigenvalue weighted by Gasteiger charge is 2.23. The summed E-state index contributed by atoms with van der Waals surface area (Å²) < 4.78 is 4.63. The lowest BCUT2D eigenvalue weighted by Crippen LogP contribution is -2.07. The van der Waals surface area contributed by atoms with Gasteiger partial charge in [0.25, 0.3) is 0 Å². The molecule has 0 atom stereocenters. The minimum atomic E-state index is 0.592. The molecule has 43 heavy (non-hydrogen) atoms. The molecule has 0 saturated heterocycles. The van der Waals surface area contributed by atoms with Gasteiger partial charge in [-0.25, -0.2) is 4.98 Å². The van der Waals surface area contributed by atoms with Gasteiger partial charge in [0.2, 0.25) is 5.95 Å². The van der Waals surface area contributed by atoms with E-state index in [-0.39, 0.29) is 0 Å². The van der Waals surface area contributed by atoms with Gasteiger partial charge in [-0.2, -0.15) is 9.97 Å². The van der Waals surface area contributed by atoms with Gasteiger partial charge in [0, 0.05) is 32.7 Å². The van der Waals surface area contributed by atoms with E-state index in [1.54, 1.807) is 11.3 Å². The monoisotopic (exact) mass is 569 g/mol. The van der Waals surface area contributed by atoms with E-state index in [1.165, 1.54) is 21.3 Å². The van der Waals surface area contributed by atoms with Crippen molar-refractivity contribution < 1.29 is 0 Å². The Balaban J connectivity index is 1.48. The summed E-state index contributed by atoms with van der Waals surface area (Å²) in [6.45, 7) is 0. The Kier molecular flexibility index (Phi) is 5.30. The van der Waals surface area contributed by atoms with Crippen LogP contribution in [0, 0.1) is 0 Å². The molecule has 0 N–H and O–H groups in total. The molecule has 5 nitrogen and oxygen atoms in total. The lowest BCUT2D eigenvalue weighted by atomic mass is 10.1. The molecule has 0 aliphatic heterocycles. The number of fused-ring (bicyclic) bond motifs is 7. The second-order valence-corrected chi connectivity index (χ2v) is 11.5. The molecule has 4 aromatic heterocycles. The molecule has 4 heterocycles. The zero-order valence-corrected chi connectivity index (χ0v) is 23.7. The predicted octanol–water partition coefficient (Wildman–Crippen LogP) is 9.46. The number of hydrogen-bond acceptors (Lipinski definition) is 4. The Morgan fingerprint density at radius 1 is 0.419 bits per heavy atom. The van der Waals surface area contributed by atoms with Crippen molar-refractivity contribution in [1.82, 2.24) is 24.1 Å². The number of aromatic nitrogens is 5. The van der Waals surface area contributed by atoms with Crippen LogP contribution in [0.4, 0.5) is 0 Å². The van der Waals surface area contributed by atoms with Crippen LogP contribution in [0.25, 0.3) is 77.3 Å². The van der Waals surface area contributed by atoms with Crippen LogP contribution in [0.3, 0.4) is 0 Å². The summed E-state index contributed by atoms with van der Waals surface area (Å²) in [6.07, 6.45) is 0. The van der Waals surface area contributed by atoms with Crippen molar-refractivity contribution in [3.8, 4) is 33.7 Å². The SMILES string of the molecule is c1ccc(-c2nc(-c3ccccc3)nc(-n3c4ccccc4c4ccc5c6ccccc6n(-c6cccs6)c5c43)n2)cc1. The maximum Gasteiger partial charge on any atom is 0.238 e. The standard InChI is InChI=1S/C37H23N5S/c1-3-12-24(13-4-1)35-38-36(25-14-5-2-6-15-25)40-37(39-35)42-31-19-10-8-17-27(31)29-22-21-28-26-16-7-9-18-30(26)41(33(28)34(29)42)32-20-11-23-43-32/h1-23H. The molecule has 6 heteroatoms. The Bertz CT molecular complexity index is 2380. The smallest absolute Gasteiger partial charge is 0.238 e. The predicted molar refractivity (Wildman–Crippen MR) is 177 cm³/mol. The molecular weight excluding hydrogens is 547 g/mol. The van der Waals surface area contributed by atoms with E-state index in [0.717, 1.165) is 38.4 Å². The number of nitrogens with zero attached hydrogens (tertiary/aromatic N) is 5. The highest BCUT2D eigenvalue weighted by atomic mass is 32.1. The van der Waals surface area contributed by atoms with E-state index in [0.29, 0.717) is 17.6 Å². The van der Waals surface area contributed by atoms with Crippen LogP contribution < -0.4 is 0 Å². The van der Waals surface area contributed by atoms with E-state index in [2.05, 4.69) is 87.3 Å². The molecule has 9 aromatic rings. The van der Waals surface area contributed by atoms with Gasteiger partial charge in [0.15, 0.2) is 11.6 Å². The van der Waals surface area contributed by atoms with Crippen molar-refractivity contribution in [2.75, 3.05) is 0 Å². The average molecular weight is 570 g/mol. The van der Waals surface area contributed by atoms with Crippen LogP contribution in [-0.4, -0.2) is 24.1 Å². The van der Waals surface area contributed by atoms with Crippen molar-refractivity contribution in [1.29, 1.82) is 0 Å². The molecule has 0 radical (unpaired) electrons. The fraction of sp³-hybridized carbons (Fsp3) is 0. The van der Waals surface area contributed by atoms with Gasteiger partial charge in [-0.05, 0) is 29.6 Å². The number of rotatable bonds is 4. The fourth-order valence-corrected chi connectivity index (χ4v) is 6.98. The highest BCUT2D eigenvalue weighted by molar-refractivity contribution is 7.12. The largest absolute Gasteiger partial charge is 0.298 e. The summed E-state index contributed by atoms with van der Waals surface area (Å²) in [6, 6.07) is 46.3. The second-order valence-electron chi connectivity index (χ2n) is 10.5. The van der Waals surface area contributed by atoms with Gasteiger partial charge in [-0.3, -0.25) is 9.13 Å². The summed E-state index contributed by atoms with van der Waals surface area (Å²) in [7, 11) is 0. The fourth-order valence-electron chi connectivity index (χ4n) is 6.23. The van der Waals surface area contributed by atoms with Gasteiger partial charge in [0.1, 0.15) is 5.00 Å². The number of para-hydroxylation sites is 2. The third-order valence-electron chi connectivity index (χ3n) is 8.08. The molecule has 0 spiro atoms. The maximum atomic E-state index is 5.16. The Morgan fingerprint density at radius 3 is 1.49 bits per heavy atom. The van der Waals surface area contributed by atoms with Gasteiger partial charge in [-0.15, -0.1) is 11.3 Å². The van der Waals surface area contributed by atoms with Gasteiger partial charge in [-0.1, -0.05) is 109 Å². The Morgan fingerprint density at radius 2 is 0.930 bits per heavy atom. The number of benzene rings is 5. The molecular formula is C37H23N5S. The lowest BCUT2D eigenvalue weighted by Gasteiger charge is -2.12. The molecule has 0 aliphatic carbocycles. The van der Waals surface area contributed by atoms with Crippen molar-refractivity contribution in [2.24, 2.45) is 0 Å². The van der Waals surface area contributed by atoms with Crippen molar-refractivity contribution >= 4 is 54.9 Å². The summed E-state index contributed by atoms with van der Waals surface area (Å²) in [5, 5.41) is 8.03. The molecule has 0 amide bonds. The third kappa shape index (κ3) is 3.67. The normalized spacial score (nSPS) is 11.7. The zero-order valence-electron chi connectivity index (χ0n) is 22.9. The van der Waals surface area contributed by atoms with Crippen LogP contribution in [0.1, 0.15) is 0 Å². The van der Waals surface area contributed by atoms with E-state index >= 15 is 0 Å². The quantitative estimate of drug-likeness (QED) is 0.212. The van der Waals surface area contributed by atoms with Crippen molar-refractivity contribution in [3.63, 3.8) is 0 Å². The van der Waals surface area contributed by atoms with Crippen molar-refractivity contribution in [2.45, 2.75) is 0 Å². The number of thiophene rings is 1. The van der Waals surface area contributed by atoms with Gasteiger partial charge < -0.3 is 0 Å². The minimum absolute atomic E-state index is 0.592. The topological polar surface area (TPSA) is 48.5 Å². The Labute approximate surface area is 251 Å². The third-order valence-corrected chi connectivity index (χ3v) is 8.94. The lowest BCUT2D eigenvalue weighted by molar-refractivity contribution is 0.953. The number of hydrogen-bond donors (Lipinski definition) is 0. The first-order valence-electron chi connectivity index (χ1n) is 14.2. The summed E-state index contributed by atoms with van der Waals surface area (Å²) in [5.74, 6) is 1.87. The van der Waals surface area contributed by atoms with Crippen LogP contribution in [0.2, 0.25) is 0 Å². The first-order chi connectivity index (χ1) is 21.3. The van der Waals surface area contributed by atoms with Crippen LogP contribution >= 0.6 is 11.3 Å². The highest BCUT2D eigenvalue weighted by Crippen LogP contribution is 2.42. The molecule has 0 unspecified atom stereocenters. The molecule has 0 fully saturated rings. The first-order valence-corrected chi connectivity index (χ1v) is 15.1. The summed E-state index contributed by atoms with van der Waals surface area (Å²) in [4.78, 5) is 15.3. The summed E-state index contributed by atoms with van der Waals surface area (Å²) in [5.41, 5.74) is 6.34. The summed E-state index contributed by atoms with van der Waals surface area (Å²) >= 11 is 1.74. The van der Waals surface area contributed by atoms with Crippen LogP contribution in [-0.2, 0) is 0 Å². The Hall–Kier alpha value is -5.59.